The molecule has 0 spiro atoms. The molecule has 4 heteroatoms. The number of rotatable bonds is 7. The number of ether oxygens (including phenoxy) is 2. The van der Waals surface area contributed by atoms with Gasteiger partial charge in [0.2, 0.25) is 5.91 Å². The van der Waals surface area contributed by atoms with Crippen LogP contribution in [-0.4, -0.2) is 31.1 Å². The first kappa shape index (κ1) is 18.4. The molecule has 0 unspecified atom stereocenters. The molecular formula is C24H25NO3. The largest absolute Gasteiger partial charge is 0.497 e. The summed E-state index contributed by atoms with van der Waals surface area (Å²) < 4.78 is 10.9. The van der Waals surface area contributed by atoms with Crippen LogP contribution in [0.5, 0.6) is 11.5 Å². The molecule has 1 amide bonds. The minimum Gasteiger partial charge on any atom is -0.497 e. The molecule has 0 N–H and O–H groups in total. The number of amides is 1. The Morgan fingerprint density at radius 3 is 2.50 bits per heavy atom. The van der Waals surface area contributed by atoms with Gasteiger partial charge in [0.25, 0.3) is 0 Å². The maximum Gasteiger partial charge on any atom is 0.227 e. The predicted molar refractivity (Wildman–Crippen MR) is 111 cm³/mol. The van der Waals surface area contributed by atoms with Crippen LogP contribution in [0.3, 0.4) is 0 Å². The SMILES string of the molecule is COc1ccc(OC)c(CN(C(=O)Cc2cccc3ccccc23)C2CC2)c1. The molecule has 0 aliphatic heterocycles. The van der Waals surface area contributed by atoms with E-state index in [1.54, 1.807) is 14.2 Å². The maximum atomic E-state index is 13.3. The second-order valence-electron chi connectivity index (χ2n) is 7.25. The Hall–Kier alpha value is -3.01. The van der Waals surface area contributed by atoms with Crippen LogP contribution in [0.25, 0.3) is 10.8 Å². The quantitative estimate of drug-likeness (QED) is 0.606. The summed E-state index contributed by atoms with van der Waals surface area (Å²) in [5.41, 5.74) is 2.05. The van der Waals surface area contributed by atoms with Crippen molar-refractivity contribution in [2.45, 2.75) is 31.8 Å². The third-order valence-corrected chi connectivity index (χ3v) is 5.36. The van der Waals surface area contributed by atoms with Gasteiger partial charge < -0.3 is 14.4 Å². The molecule has 0 bridgehead atoms. The van der Waals surface area contributed by atoms with Crippen LogP contribution < -0.4 is 9.47 Å². The zero-order valence-electron chi connectivity index (χ0n) is 16.4. The van der Waals surface area contributed by atoms with E-state index in [4.69, 9.17) is 9.47 Å². The highest BCUT2D eigenvalue weighted by Gasteiger charge is 2.33. The molecule has 4 rings (SSSR count). The third-order valence-electron chi connectivity index (χ3n) is 5.36. The lowest BCUT2D eigenvalue weighted by Crippen LogP contribution is -2.34. The summed E-state index contributed by atoms with van der Waals surface area (Å²) in [5, 5.41) is 2.31. The van der Waals surface area contributed by atoms with Crippen molar-refractivity contribution in [2.24, 2.45) is 0 Å². The lowest BCUT2D eigenvalue weighted by Gasteiger charge is -2.24. The lowest BCUT2D eigenvalue weighted by atomic mass is 10.0. The number of hydrogen-bond acceptors (Lipinski definition) is 3. The van der Waals surface area contributed by atoms with Gasteiger partial charge in [-0.3, -0.25) is 4.79 Å². The molecule has 0 aromatic heterocycles. The number of carbonyl (C=O) groups excluding carboxylic acids is 1. The summed E-state index contributed by atoms with van der Waals surface area (Å²) in [4.78, 5) is 15.2. The molecule has 1 saturated carbocycles. The van der Waals surface area contributed by atoms with E-state index in [1.165, 1.54) is 5.39 Å². The van der Waals surface area contributed by atoms with Gasteiger partial charge in [-0.25, -0.2) is 0 Å². The average molecular weight is 375 g/mol. The van der Waals surface area contributed by atoms with E-state index in [2.05, 4.69) is 24.3 Å². The standard InChI is InChI=1S/C24H25NO3/c1-27-21-12-13-23(28-2)19(14-21)16-25(20-10-11-20)24(26)15-18-8-5-7-17-6-3-4-9-22(17)18/h3-9,12-14,20H,10-11,15-16H2,1-2H3. The monoisotopic (exact) mass is 375 g/mol. The first-order valence-corrected chi connectivity index (χ1v) is 9.66. The number of hydrogen-bond donors (Lipinski definition) is 0. The number of nitrogens with zero attached hydrogens (tertiary/aromatic N) is 1. The molecular weight excluding hydrogens is 350 g/mol. The normalized spacial score (nSPS) is 13.4. The molecule has 1 fully saturated rings. The molecule has 3 aromatic rings. The second kappa shape index (κ2) is 7.93. The number of benzene rings is 3. The summed E-state index contributed by atoms with van der Waals surface area (Å²) in [6.07, 6.45) is 2.53. The Morgan fingerprint density at radius 1 is 0.964 bits per heavy atom. The van der Waals surface area contributed by atoms with Crippen LogP contribution in [0.2, 0.25) is 0 Å². The van der Waals surface area contributed by atoms with Crippen LogP contribution in [0.15, 0.2) is 60.7 Å². The van der Waals surface area contributed by atoms with Gasteiger partial charge in [-0.15, -0.1) is 0 Å². The highest BCUT2D eigenvalue weighted by Crippen LogP contribution is 2.33. The first-order chi connectivity index (χ1) is 13.7. The van der Waals surface area contributed by atoms with Gasteiger partial charge in [0.05, 0.1) is 20.6 Å². The van der Waals surface area contributed by atoms with Gasteiger partial charge in [-0.2, -0.15) is 0 Å². The van der Waals surface area contributed by atoms with E-state index in [0.717, 1.165) is 40.9 Å². The van der Waals surface area contributed by atoms with Crippen molar-refractivity contribution in [2.75, 3.05) is 14.2 Å². The lowest BCUT2D eigenvalue weighted by molar-refractivity contribution is -0.131. The van der Waals surface area contributed by atoms with Crippen molar-refractivity contribution >= 4 is 16.7 Å². The van der Waals surface area contributed by atoms with E-state index in [1.807, 2.05) is 41.3 Å². The molecule has 3 aromatic carbocycles. The third kappa shape index (κ3) is 3.81. The zero-order chi connectivity index (χ0) is 19.5. The molecule has 144 valence electrons. The number of fused-ring (bicyclic) bond motifs is 1. The Bertz CT molecular complexity index is 989. The summed E-state index contributed by atoms with van der Waals surface area (Å²) in [6, 6.07) is 20.4. The van der Waals surface area contributed by atoms with Crippen molar-refractivity contribution in [3.05, 3.63) is 71.8 Å². The topological polar surface area (TPSA) is 38.8 Å². The van der Waals surface area contributed by atoms with Gasteiger partial charge in [0.1, 0.15) is 11.5 Å². The number of methoxy groups -OCH3 is 2. The van der Waals surface area contributed by atoms with Crippen LogP contribution in [0, 0.1) is 0 Å². The molecule has 0 heterocycles. The van der Waals surface area contributed by atoms with Gasteiger partial charge in [0.15, 0.2) is 0 Å². The smallest absolute Gasteiger partial charge is 0.227 e. The molecule has 4 nitrogen and oxygen atoms in total. The predicted octanol–water partition coefficient (Wildman–Crippen LogP) is 4.59. The van der Waals surface area contributed by atoms with Gasteiger partial charge in [-0.05, 0) is 47.4 Å². The zero-order valence-corrected chi connectivity index (χ0v) is 16.4. The van der Waals surface area contributed by atoms with Crippen LogP contribution in [0.1, 0.15) is 24.0 Å². The molecule has 1 aliphatic rings. The van der Waals surface area contributed by atoms with Crippen molar-refractivity contribution in [3.8, 4) is 11.5 Å². The van der Waals surface area contributed by atoms with E-state index in [0.29, 0.717) is 19.0 Å². The summed E-state index contributed by atoms with van der Waals surface area (Å²) in [6.45, 7) is 0.536. The highest BCUT2D eigenvalue weighted by atomic mass is 16.5. The molecule has 1 aliphatic carbocycles. The Morgan fingerprint density at radius 2 is 1.75 bits per heavy atom. The first-order valence-electron chi connectivity index (χ1n) is 9.66. The minimum absolute atomic E-state index is 0.156. The van der Waals surface area contributed by atoms with Crippen molar-refractivity contribution in [1.82, 2.24) is 4.90 Å². The van der Waals surface area contributed by atoms with Crippen LogP contribution >= 0.6 is 0 Å². The van der Waals surface area contributed by atoms with E-state index < -0.39 is 0 Å². The van der Waals surface area contributed by atoms with Crippen molar-refractivity contribution in [1.29, 1.82) is 0 Å². The van der Waals surface area contributed by atoms with Gasteiger partial charge in [-0.1, -0.05) is 42.5 Å². The highest BCUT2D eigenvalue weighted by molar-refractivity contribution is 5.90. The fraction of sp³-hybridized carbons (Fsp3) is 0.292. The van der Waals surface area contributed by atoms with E-state index in [9.17, 15) is 4.79 Å². The van der Waals surface area contributed by atoms with E-state index >= 15 is 0 Å². The Balaban J connectivity index is 1.59. The fourth-order valence-electron chi connectivity index (χ4n) is 3.71. The number of carbonyl (C=O) groups is 1. The molecule has 28 heavy (non-hydrogen) atoms. The van der Waals surface area contributed by atoms with Crippen LogP contribution in [0.4, 0.5) is 0 Å². The van der Waals surface area contributed by atoms with Crippen molar-refractivity contribution < 1.29 is 14.3 Å². The van der Waals surface area contributed by atoms with Gasteiger partial charge in [0, 0.05) is 18.2 Å². The Kier molecular flexibility index (Phi) is 5.20. The summed E-state index contributed by atoms with van der Waals surface area (Å²) >= 11 is 0. The average Bonchev–Trinajstić information content (AvgIpc) is 3.57. The van der Waals surface area contributed by atoms with Crippen molar-refractivity contribution in [3.63, 3.8) is 0 Å². The molecule has 0 saturated heterocycles. The molecule has 0 atom stereocenters. The Labute approximate surface area is 165 Å². The maximum absolute atomic E-state index is 13.3. The second-order valence-corrected chi connectivity index (χ2v) is 7.25. The summed E-state index contributed by atoms with van der Waals surface area (Å²) in [7, 11) is 3.31. The van der Waals surface area contributed by atoms with Crippen LogP contribution in [-0.2, 0) is 17.8 Å². The minimum atomic E-state index is 0.156. The molecule has 0 radical (unpaired) electrons. The van der Waals surface area contributed by atoms with E-state index in [-0.39, 0.29) is 5.91 Å². The van der Waals surface area contributed by atoms with Gasteiger partial charge >= 0.3 is 0 Å². The fourth-order valence-corrected chi connectivity index (χ4v) is 3.71. The summed E-state index contributed by atoms with van der Waals surface area (Å²) in [5.74, 6) is 1.71.